The minimum atomic E-state index is 0.695. The average Bonchev–Trinajstić information content (AvgIpc) is 3.67. The molecule has 0 amide bonds. The molecule has 0 fully saturated rings. The van der Waals surface area contributed by atoms with Gasteiger partial charge in [0.2, 0.25) is 0 Å². The zero-order valence-electron chi connectivity index (χ0n) is 28.0. The van der Waals surface area contributed by atoms with Gasteiger partial charge in [-0.1, -0.05) is 134 Å². The van der Waals surface area contributed by atoms with Crippen LogP contribution in [0.3, 0.4) is 0 Å². The Morgan fingerprint density at radius 2 is 1.16 bits per heavy atom. The number of fused-ring (bicyclic) bond motifs is 10. The van der Waals surface area contributed by atoms with E-state index in [2.05, 4.69) is 154 Å². The molecule has 0 spiro atoms. The van der Waals surface area contributed by atoms with Crippen LogP contribution in [-0.2, 0) is 6.54 Å². The molecule has 0 saturated carbocycles. The van der Waals surface area contributed by atoms with E-state index in [1.165, 1.54) is 54.4 Å². The van der Waals surface area contributed by atoms with Gasteiger partial charge in [-0.3, -0.25) is 0 Å². The Morgan fingerprint density at radius 1 is 0.529 bits per heavy atom. The highest BCUT2D eigenvalue weighted by molar-refractivity contribution is 6.22. The van der Waals surface area contributed by atoms with Crippen LogP contribution in [0.4, 0.5) is 0 Å². The molecule has 0 radical (unpaired) electrons. The quantitative estimate of drug-likeness (QED) is 0.189. The van der Waals surface area contributed by atoms with Crippen molar-refractivity contribution < 1.29 is 0 Å². The first-order chi connectivity index (χ1) is 25.2. The fraction of sp³-hybridized carbons (Fsp3) is 0.0213. The first-order valence-electron chi connectivity index (χ1n) is 17.4. The van der Waals surface area contributed by atoms with Gasteiger partial charge in [-0.2, -0.15) is 0 Å². The number of nitrogens with two attached hydrogens (primary N) is 1. The second-order valence-corrected chi connectivity index (χ2v) is 13.3. The molecule has 4 heterocycles. The zero-order chi connectivity index (χ0) is 34.1. The lowest BCUT2D eigenvalue weighted by Crippen LogP contribution is -2.02. The predicted octanol–water partition coefficient (Wildman–Crippen LogP) is 10.7. The second kappa shape index (κ2) is 11.4. The van der Waals surface area contributed by atoms with Gasteiger partial charge in [0.1, 0.15) is 0 Å². The lowest BCUT2D eigenvalue weighted by Gasteiger charge is -2.14. The lowest BCUT2D eigenvalue weighted by molar-refractivity contribution is 0.899. The van der Waals surface area contributed by atoms with Crippen LogP contribution in [-0.4, -0.2) is 13.4 Å². The maximum absolute atomic E-state index is 6.44. The van der Waals surface area contributed by atoms with Crippen molar-refractivity contribution in [2.75, 3.05) is 0 Å². The van der Waals surface area contributed by atoms with Gasteiger partial charge in [-0.25, -0.2) is 0 Å². The van der Waals surface area contributed by atoms with E-state index in [4.69, 9.17) is 5.73 Å². The highest BCUT2D eigenvalue weighted by Crippen LogP contribution is 2.39. The summed E-state index contributed by atoms with van der Waals surface area (Å²) in [5, 5.41) is 9.41. The Labute approximate surface area is 294 Å². The predicted molar refractivity (Wildman–Crippen MR) is 217 cm³/mol. The third-order valence-corrected chi connectivity index (χ3v) is 10.4. The molecule has 0 saturated heterocycles. The van der Waals surface area contributed by atoms with E-state index in [1.54, 1.807) is 0 Å². The number of para-hydroxylation sites is 4. The number of aromatic nitrogens is 3. The second-order valence-electron chi connectivity index (χ2n) is 13.3. The van der Waals surface area contributed by atoms with Crippen molar-refractivity contribution in [3.63, 3.8) is 0 Å². The minimum absolute atomic E-state index is 0.695. The Balaban J connectivity index is 1.39. The zero-order valence-corrected chi connectivity index (χ0v) is 28.0. The Morgan fingerprint density at radius 3 is 1.96 bits per heavy atom. The normalized spacial score (nSPS) is 12.6. The summed E-state index contributed by atoms with van der Waals surface area (Å²) in [6, 6.07) is 52.1. The van der Waals surface area contributed by atoms with Crippen molar-refractivity contribution in [2.45, 2.75) is 6.54 Å². The van der Waals surface area contributed by atoms with Crippen LogP contribution >= 0.6 is 0 Å². The van der Waals surface area contributed by atoms with Crippen molar-refractivity contribution >= 4 is 88.6 Å². The highest BCUT2D eigenvalue weighted by Gasteiger charge is 2.18. The lowest BCUT2D eigenvalue weighted by atomic mass is 10.0. The summed E-state index contributed by atoms with van der Waals surface area (Å²) in [5.74, 6) is 0. The van der Waals surface area contributed by atoms with Crippen molar-refractivity contribution in [2.24, 2.45) is 5.73 Å². The third kappa shape index (κ3) is 4.40. The molecule has 242 valence electrons. The summed E-state index contributed by atoms with van der Waals surface area (Å²) in [4.78, 5) is 0. The molecule has 10 aromatic rings. The molecule has 6 aromatic carbocycles. The molecule has 0 atom stereocenters. The van der Waals surface area contributed by atoms with E-state index in [0.717, 1.165) is 38.4 Å². The van der Waals surface area contributed by atoms with Crippen LogP contribution in [0.1, 0.15) is 5.56 Å². The maximum Gasteiger partial charge on any atom is 0.0724 e. The molecule has 0 bridgehead atoms. The van der Waals surface area contributed by atoms with Gasteiger partial charge in [0.15, 0.2) is 0 Å². The monoisotopic (exact) mass is 654 g/mol. The molecule has 0 unspecified atom stereocenters. The molecule has 0 aliphatic rings. The van der Waals surface area contributed by atoms with Crippen LogP contribution in [0, 0.1) is 0 Å². The van der Waals surface area contributed by atoms with Gasteiger partial charge in [0.25, 0.3) is 0 Å². The van der Waals surface area contributed by atoms with E-state index < -0.39 is 0 Å². The van der Waals surface area contributed by atoms with Gasteiger partial charge in [0.05, 0.1) is 33.1 Å². The SMILES string of the molecule is C=c1ccccn2c3cc4c5ccccc5n(C/C=C\C=C(/N)c5ccccc5)c4cc3n3c4ccccc4c4cccc(c5cccc1c52)c43. The van der Waals surface area contributed by atoms with Crippen LogP contribution in [0.2, 0.25) is 0 Å². The first-order valence-corrected chi connectivity index (χ1v) is 17.4. The van der Waals surface area contributed by atoms with Crippen molar-refractivity contribution in [3.8, 4) is 0 Å². The molecular weight excluding hydrogens is 621 g/mol. The van der Waals surface area contributed by atoms with Gasteiger partial charge >= 0.3 is 0 Å². The number of allylic oxidation sites excluding steroid dienone is 3. The maximum atomic E-state index is 6.44. The number of hydrogen-bond acceptors (Lipinski definition) is 1. The number of hydrogen-bond donors (Lipinski definition) is 1. The summed E-state index contributed by atoms with van der Waals surface area (Å²) >= 11 is 0. The summed E-state index contributed by atoms with van der Waals surface area (Å²) < 4.78 is 7.30. The summed E-state index contributed by atoms with van der Waals surface area (Å²) in [7, 11) is 0. The molecule has 4 heteroatoms. The molecular formula is C47H34N4. The minimum Gasteiger partial charge on any atom is -0.398 e. The van der Waals surface area contributed by atoms with Crippen LogP contribution in [0.5, 0.6) is 0 Å². The van der Waals surface area contributed by atoms with Gasteiger partial charge < -0.3 is 19.1 Å². The average molecular weight is 655 g/mol. The Hall–Kier alpha value is -6.78. The molecule has 4 nitrogen and oxygen atoms in total. The number of nitrogens with zero attached hydrogens (tertiary/aromatic N) is 3. The fourth-order valence-electron chi connectivity index (χ4n) is 8.14. The van der Waals surface area contributed by atoms with Gasteiger partial charge in [0, 0.05) is 61.7 Å². The summed E-state index contributed by atoms with van der Waals surface area (Å²) in [6.07, 6.45) is 8.46. The van der Waals surface area contributed by atoms with Crippen LogP contribution in [0.15, 0.2) is 170 Å². The van der Waals surface area contributed by atoms with E-state index in [0.29, 0.717) is 6.54 Å². The Bertz CT molecular complexity index is 3190. The van der Waals surface area contributed by atoms with Crippen molar-refractivity contribution in [1.29, 1.82) is 0 Å². The highest BCUT2D eigenvalue weighted by atomic mass is 15.0. The molecule has 0 aliphatic carbocycles. The van der Waals surface area contributed by atoms with E-state index >= 15 is 0 Å². The smallest absolute Gasteiger partial charge is 0.0724 e. The van der Waals surface area contributed by atoms with Gasteiger partial charge in [-0.15, -0.1) is 0 Å². The van der Waals surface area contributed by atoms with E-state index in [-0.39, 0.29) is 0 Å². The topological polar surface area (TPSA) is 39.8 Å². The van der Waals surface area contributed by atoms with Crippen molar-refractivity contribution in [1.82, 2.24) is 13.4 Å². The third-order valence-electron chi connectivity index (χ3n) is 10.4. The molecule has 2 N–H and O–H groups in total. The molecule has 0 aliphatic heterocycles. The van der Waals surface area contributed by atoms with Gasteiger partial charge in [-0.05, 0) is 47.2 Å². The van der Waals surface area contributed by atoms with Crippen LogP contribution in [0.25, 0.3) is 88.6 Å². The first kappa shape index (κ1) is 29.2. The summed E-state index contributed by atoms with van der Waals surface area (Å²) in [6.45, 7) is 5.21. The van der Waals surface area contributed by atoms with Crippen LogP contribution < -0.4 is 11.0 Å². The fourth-order valence-corrected chi connectivity index (χ4v) is 8.14. The molecule has 51 heavy (non-hydrogen) atoms. The Kier molecular flexibility index (Phi) is 6.52. The molecule has 10 rings (SSSR count). The standard InChI is InChI=1S/C47H34N4/c1-31-15-9-11-28-50-44-29-39-35-19-5-7-25-41(35)49(27-12-10-24-40(48)32-16-3-2-4-17-32)43(39)30-45(44)51-42-26-8-6-18-34(42)36-21-14-23-38(47(36)51)37-22-13-20-33(31)46(37)50/h2-26,28-30H,1,27,48H2/b12-10-,15-9?,28-11?,40-24-. The van der Waals surface area contributed by atoms with E-state index in [1.807, 2.05) is 36.4 Å². The number of rotatable bonds is 4. The molecule has 4 aromatic heterocycles. The summed E-state index contributed by atoms with van der Waals surface area (Å²) in [5.41, 5.74) is 16.4. The van der Waals surface area contributed by atoms with Crippen molar-refractivity contribution in [3.05, 3.63) is 181 Å². The van der Waals surface area contributed by atoms with E-state index in [9.17, 15) is 0 Å². The number of benzene rings is 6. The largest absolute Gasteiger partial charge is 0.398 e.